The minimum atomic E-state index is -4.75. The van der Waals surface area contributed by atoms with Gasteiger partial charge < -0.3 is 4.90 Å². The van der Waals surface area contributed by atoms with Gasteiger partial charge in [-0.2, -0.15) is 23.4 Å². The van der Waals surface area contributed by atoms with E-state index in [2.05, 4.69) is 15.2 Å². The van der Waals surface area contributed by atoms with Crippen LogP contribution in [0.4, 0.5) is 17.6 Å². The molecule has 3 aromatic heterocycles. The summed E-state index contributed by atoms with van der Waals surface area (Å²) in [6.45, 7) is 0.209. The van der Waals surface area contributed by atoms with Crippen LogP contribution < -0.4 is 0 Å². The first-order valence-electron chi connectivity index (χ1n) is 9.09. The van der Waals surface area contributed by atoms with Crippen molar-refractivity contribution in [3.8, 4) is 11.3 Å². The van der Waals surface area contributed by atoms with Crippen molar-refractivity contribution in [2.24, 2.45) is 7.05 Å². The minimum absolute atomic E-state index is 0.0116. The second-order valence-electron chi connectivity index (χ2n) is 7.01. The second kappa shape index (κ2) is 7.49. The first kappa shape index (κ1) is 20.5. The Hall–Kier alpha value is -3.76. The number of amides is 1. The molecule has 0 radical (unpaired) electrons. The number of fused-ring (bicyclic) bond motifs is 1. The summed E-state index contributed by atoms with van der Waals surface area (Å²) in [6, 6.07) is 6.95. The summed E-state index contributed by atoms with van der Waals surface area (Å²) in [5.74, 6) is -1.08. The van der Waals surface area contributed by atoms with E-state index in [4.69, 9.17) is 0 Å². The molecule has 0 N–H and O–H groups in total. The number of aryl methyl sites for hydroxylation is 1. The zero-order valence-corrected chi connectivity index (χ0v) is 16.4. The molecule has 0 aliphatic heterocycles. The SMILES string of the molecule is CN(Cc1cnn(C)c1)C(=O)c1cc2nc(-c3ccc(F)cc3)cc(C(F)(F)F)n2n1. The van der Waals surface area contributed by atoms with Crippen LogP contribution in [0.15, 0.2) is 48.8 Å². The van der Waals surface area contributed by atoms with E-state index >= 15 is 0 Å². The molecule has 0 saturated carbocycles. The lowest BCUT2D eigenvalue weighted by Gasteiger charge is -2.14. The van der Waals surface area contributed by atoms with Crippen LogP contribution in [-0.4, -0.2) is 42.2 Å². The van der Waals surface area contributed by atoms with E-state index in [9.17, 15) is 22.4 Å². The first-order chi connectivity index (χ1) is 14.6. The Morgan fingerprint density at radius 1 is 1.16 bits per heavy atom. The number of nitrogens with zero attached hydrogens (tertiary/aromatic N) is 6. The average Bonchev–Trinajstić information content (AvgIpc) is 3.32. The van der Waals surface area contributed by atoms with E-state index in [1.807, 2.05) is 0 Å². The molecule has 0 saturated heterocycles. The molecule has 1 aromatic carbocycles. The summed E-state index contributed by atoms with van der Waals surface area (Å²) >= 11 is 0. The van der Waals surface area contributed by atoms with Gasteiger partial charge in [0.25, 0.3) is 5.91 Å². The lowest BCUT2D eigenvalue weighted by molar-refractivity contribution is -0.142. The van der Waals surface area contributed by atoms with Crippen LogP contribution in [-0.2, 0) is 19.8 Å². The van der Waals surface area contributed by atoms with Gasteiger partial charge in [0.15, 0.2) is 17.0 Å². The topological polar surface area (TPSA) is 68.3 Å². The number of carbonyl (C=O) groups excluding carboxylic acids is 1. The van der Waals surface area contributed by atoms with Crippen LogP contribution in [0.25, 0.3) is 16.9 Å². The zero-order valence-electron chi connectivity index (χ0n) is 16.4. The molecule has 0 aliphatic rings. The molecule has 7 nitrogen and oxygen atoms in total. The Labute approximate surface area is 173 Å². The fourth-order valence-corrected chi connectivity index (χ4v) is 3.14. The lowest BCUT2D eigenvalue weighted by Crippen LogP contribution is -2.26. The van der Waals surface area contributed by atoms with Gasteiger partial charge in [0.2, 0.25) is 0 Å². The van der Waals surface area contributed by atoms with Crippen LogP contribution in [0, 0.1) is 5.82 Å². The van der Waals surface area contributed by atoms with Gasteiger partial charge in [-0.1, -0.05) is 0 Å². The molecule has 3 heterocycles. The summed E-state index contributed by atoms with van der Waals surface area (Å²) in [6.07, 6.45) is -1.43. The molecule has 0 spiro atoms. The van der Waals surface area contributed by atoms with Crippen LogP contribution in [0.5, 0.6) is 0 Å². The number of halogens is 4. The molecule has 31 heavy (non-hydrogen) atoms. The maximum atomic E-state index is 13.7. The lowest BCUT2D eigenvalue weighted by atomic mass is 10.1. The highest BCUT2D eigenvalue weighted by Gasteiger charge is 2.36. The summed E-state index contributed by atoms with van der Waals surface area (Å²) in [5.41, 5.74) is -0.367. The van der Waals surface area contributed by atoms with E-state index in [0.717, 1.165) is 23.8 Å². The summed E-state index contributed by atoms with van der Waals surface area (Å²) in [7, 11) is 3.25. The number of hydrogen-bond acceptors (Lipinski definition) is 4. The van der Waals surface area contributed by atoms with Crippen molar-refractivity contribution in [1.82, 2.24) is 29.3 Å². The fraction of sp³-hybridized carbons (Fsp3) is 0.200. The summed E-state index contributed by atoms with van der Waals surface area (Å²) in [5, 5.41) is 7.88. The van der Waals surface area contributed by atoms with Gasteiger partial charge in [0.1, 0.15) is 5.82 Å². The van der Waals surface area contributed by atoms with Gasteiger partial charge in [0, 0.05) is 44.0 Å². The molecule has 11 heteroatoms. The highest BCUT2D eigenvalue weighted by Crippen LogP contribution is 2.32. The number of rotatable bonds is 4. The number of aromatic nitrogens is 5. The van der Waals surface area contributed by atoms with Crippen molar-refractivity contribution < 1.29 is 22.4 Å². The maximum absolute atomic E-state index is 13.7. The average molecular weight is 432 g/mol. The minimum Gasteiger partial charge on any atom is -0.336 e. The van der Waals surface area contributed by atoms with Crippen LogP contribution in [0.2, 0.25) is 0 Å². The highest BCUT2D eigenvalue weighted by molar-refractivity contribution is 5.93. The van der Waals surface area contributed by atoms with E-state index in [1.165, 1.54) is 30.1 Å². The predicted octanol–water partition coefficient (Wildman–Crippen LogP) is 3.56. The fourth-order valence-electron chi connectivity index (χ4n) is 3.14. The zero-order chi connectivity index (χ0) is 22.3. The number of hydrogen-bond donors (Lipinski definition) is 0. The van der Waals surface area contributed by atoms with Crippen molar-refractivity contribution in [3.63, 3.8) is 0 Å². The normalized spacial score (nSPS) is 11.8. The molecule has 0 aliphatic carbocycles. The Morgan fingerprint density at radius 2 is 1.87 bits per heavy atom. The molecule has 160 valence electrons. The molecule has 0 fully saturated rings. The van der Waals surface area contributed by atoms with Crippen molar-refractivity contribution in [2.45, 2.75) is 12.7 Å². The molecule has 4 aromatic rings. The molecule has 0 atom stereocenters. The van der Waals surface area contributed by atoms with Crippen molar-refractivity contribution in [2.75, 3.05) is 7.05 Å². The van der Waals surface area contributed by atoms with E-state index in [0.29, 0.717) is 10.1 Å². The monoisotopic (exact) mass is 432 g/mol. The Kier molecular flexibility index (Phi) is 4.96. The third-order valence-electron chi connectivity index (χ3n) is 4.60. The molecular weight excluding hydrogens is 416 g/mol. The number of carbonyl (C=O) groups is 1. The van der Waals surface area contributed by atoms with E-state index in [1.54, 1.807) is 24.1 Å². The largest absolute Gasteiger partial charge is 0.433 e. The van der Waals surface area contributed by atoms with Crippen LogP contribution >= 0.6 is 0 Å². The summed E-state index contributed by atoms with van der Waals surface area (Å²) in [4.78, 5) is 18.3. The van der Waals surface area contributed by atoms with Crippen LogP contribution in [0.1, 0.15) is 21.7 Å². The molecule has 4 rings (SSSR count). The third kappa shape index (κ3) is 4.11. The number of benzene rings is 1. The Bertz CT molecular complexity index is 1260. The predicted molar refractivity (Wildman–Crippen MR) is 102 cm³/mol. The molecule has 0 bridgehead atoms. The quantitative estimate of drug-likeness (QED) is 0.463. The van der Waals surface area contributed by atoms with Crippen LogP contribution in [0.3, 0.4) is 0 Å². The number of alkyl halides is 3. The van der Waals surface area contributed by atoms with Crippen molar-refractivity contribution >= 4 is 11.6 Å². The standard InChI is InChI=1S/C20H16F4N6O/c1-28(10-12-9-25-29(2)11-12)19(31)16-8-18-26-15(13-3-5-14(21)6-4-13)7-17(20(22,23)24)30(18)27-16/h3-9,11H,10H2,1-2H3. The van der Waals surface area contributed by atoms with Crippen molar-refractivity contribution in [1.29, 1.82) is 0 Å². The second-order valence-corrected chi connectivity index (χ2v) is 7.01. The van der Waals surface area contributed by atoms with Crippen molar-refractivity contribution in [3.05, 3.63) is 71.6 Å². The first-order valence-corrected chi connectivity index (χ1v) is 9.09. The molecular formula is C20H16F4N6O. The van der Waals surface area contributed by atoms with Gasteiger partial charge in [-0.3, -0.25) is 9.48 Å². The Balaban J connectivity index is 1.74. The Morgan fingerprint density at radius 3 is 2.48 bits per heavy atom. The van der Waals surface area contributed by atoms with Gasteiger partial charge in [0.05, 0.1) is 11.9 Å². The smallest absolute Gasteiger partial charge is 0.336 e. The third-order valence-corrected chi connectivity index (χ3v) is 4.60. The highest BCUT2D eigenvalue weighted by atomic mass is 19.4. The molecule has 0 unspecified atom stereocenters. The summed E-state index contributed by atoms with van der Waals surface area (Å²) < 4.78 is 56.4. The van der Waals surface area contributed by atoms with Gasteiger partial charge in [-0.05, 0) is 30.3 Å². The van der Waals surface area contributed by atoms with Gasteiger partial charge >= 0.3 is 6.18 Å². The maximum Gasteiger partial charge on any atom is 0.433 e. The van der Waals surface area contributed by atoms with E-state index < -0.39 is 23.6 Å². The van der Waals surface area contributed by atoms with E-state index in [-0.39, 0.29) is 23.6 Å². The molecule has 1 amide bonds. The van der Waals surface area contributed by atoms with Gasteiger partial charge in [-0.15, -0.1) is 0 Å². The van der Waals surface area contributed by atoms with Gasteiger partial charge in [-0.25, -0.2) is 13.9 Å².